The second-order valence-corrected chi connectivity index (χ2v) is 23.0. The minimum absolute atomic E-state index is 0.0164. The van der Waals surface area contributed by atoms with Crippen LogP contribution in [-0.2, 0) is 9.09 Å². The van der Waals surface area contributed by atoms with Crippen molar-refractivity contribution in [1.82, 2.24) is 9.47 Å². The minimum Gasteiger partial charge on any atom is -0.478 e. The number of nitrogens with zero attached hydrogens (tertiary/aromatic N) is 6. The Morgan fingerprint density at radius 1 is 0.847 bits per heavy atom. The van der Waals surface area contributed by atoms with E-state index in [-0.39, 0.29) is 36.3 Å². The zero-order chi connectivity index (χ0) is 50.5. The van der Waals surface area contributed by atoms with Crippen molar-refractivity contribution in [2.24, 2.45) is 5.92 Å². The molecule has 3 saturated heterocycles. The summed E-state index contributed by atoms with van der Waals surface area (Å²) in [4.78, 5) is 33.4. The number of nitrogens with one attached hydrogen (secondary N) is 1. The summed E-state index contributed by atoms with van der Waals surface area (Å²) in [7, 11) is -3.71. The van der Waals surface area contributed by atoms with Crippen molar-refractivity contribution in [3.63, 3.8) is 0 Å². The molecule has 4 heterocycles. The Morgan fingerprint density at radius 3 is 2.18 bits per heavy atom. The zero-order valence-corrected chi connectivity index (χ0v) is 43.5. The largest absolute Gasteiger partial charge is 0.478 e. The van der Waals surface area contributed by atoms with Gasteiger partial charge in [0, 0.05) is 101 Å². The molecule has 3 fully saturated rings. The van der Waals surface area contributed by atoms with Gasteiger partial charge in [-0.25, -0.2) is 4.79 Å². The van der Waals surface area contributed by atoms with Gasteiger partial charge in [0.2, 0.25) is 0 Å². The third kappa shape index (κ3) is 11.1. The predicted octanol–water partition coefficient (Wildman–Crippen LogP) is 11.3. The molecule has 378 valence electrons. The Kier molecular flexibility index (Phi) is 16.0. The van der Waals surface area contributed by atoms with Gasteiger partial charge in [-0.1, -0.05) is 54.1 Å². The first-order valence-corrected chi connectivity index (χ1v) is 27.8. The lowest BCUT2D eigenvalue weighted by atomic mass is 9.96. The van der Waals surface area contributed by atoms with E-state index in [0.29, 0.717) is 51.4 Å². The first kappa shape index (κ1) is 51.1. The maximum Gasteiger partial charge on any atom is 0.338 e. The van der Waals surface area contributed by atoms with Crippen molar-refractivity contribution in [3.05, 3.63) is 148 Å². The number of benzene rings is 5. The van der Waals surface area contributed by atoms with Crippen LogP contribution in [0.15, 0.2) is 126 Å². The van der Waals surface area contributed by atoms with Crippen molar-refractivity contribution in [1.29, 1.82) is 0 Å². The van der Waals surface area contributed by atoms with E-state index in [1.807, 2.05) is 85.8 Å². The number of nitro benzene ring substituents is 1. The number of nitro groups is 1. The van der Waals surface area contributed by atoms with Crippen LogP contribution in [0.25, 0.3) is 22.4 Å². The summed E-state index contributed by atoms with van der Waals surface area (Å²) in [5, 5.41) is 37.3. The van der Waals surface area contributed by atoms with E-state index in [0.717, 1.165) is 98.2 Å². The first-order chi connectivity index (χ1) is 34.8. The van der Waals surface area contributed by atoms with Crippen molar-refractivity contribution in [3.8, 4) is 22.4 Å². The van der Waals surface area contributed by atoms with Crippen LogP contribution in [0.3, 0.4) is 0 Å². The molecule has 0 spiro atoms. The lowest BCUT2D eigenvalue weighted by molar-refractivity contribution is -0.383. The molecular formula is C55H63ClN7O7PS. The Hall–Kier alpha value is -5.80. The molecule has 14 nitrogen and oxygen atoms in total. The van der Waals surface area contributed by atoms with Gasteiger partial charge >= 0.3 is 13.5 Å². The Bertz CT molecular complexity index is 2910. The highest BCUT2D eigenvalue weighted by atomic mass is 35.5. The molecule has 1 aromatic heterocycles. The van der Waals surface area contributed by atoms with Crippen molar-refractivity contribution >= 4 is 70.6 Å². The van der Waals surface area contributed by atoms with Gasteiger partial charge in [-0.15, -0.1) is 11.8 Å². The fourth-order valence-corrected chi connectivity index (χ4v) is 13.8. The van der Waals surface area contributed by atoms with Crippen LogP contribution in [0.5, 0.6) is 0 Å². The number of hydrogen-bond donors (Lipinski definition) is 3. The van der Waals surface area contributed by atoms with Crippen LogP contribution >= 0.6 is 30.9 Å². The second-order valence-electron chi connectivity index (χ2n) is 19.2. The predicted molar refractivity (Wildman–Crippen MR) is 292 cm³/mol. The van der Waals surface area contributed by atoms with Crippen LogP contribution in [0.4, 0.5) is 28.4 Å². The highest BCUT2D eigenvalue weighted by Crippen LogP contribution is 2.56. The second kappa shape index (κ2) is 22.5. The molecule has 3 N–H and O–H groups in total. The number of anilines is 4. The topological polar surface area (TPSA) is 157 Å². The van der Waals surface area contributed by atoms with E-state index < -0.39 is 18.4 Å². The van der Waals surface area contributed by atoms with Gasteiger partial charge in [0.25, 0.3) is 5.69 Å². The average Bonchev–Trinajstić information content (AvgIpc) is 3.95. The maximum absolute atomic E-state index is 14.9. The van der Waals surface area contributed by atoms with Crippen LogP contribution in [0.2, 0.25) is 5.02 Å². The number of aliphatic hydroxyl groups is 1. The standard InChI is InChI=1S/C55H63ClN7O7PS/c1-38(2)62-39(3)52(55(65)66)53(54(62)41-12-14-43(56)15-13-41)42-8-7-9-47(34-42)60-30-28-59(29-31-60)45-16-18-46(19-17-45)61-32-33-70-71(61,69)48-20-21-50(51(35-48)63(67)68)57-44(37-72-49-10-5-4-6-11-49)24-27-58-25-22-40(36-64)23-26-58/h4-21,34-35,38,40,44,57,64H,22-33,36-37H2,1-3H3,(H,65,66)/t44-,71-/m1/s1. The number of likely N-dealkylation sites (tertiary alicyclic amines) is 1. The molecule has 6 aromatic rings. The highest BCUT2D eigenvalue weighted by Gasteiger charge is 2.41. The molecular weight excluding hydrogens is 969 g/mol. The summed E-state index contributed by atoms with van der Waals surface area (Å²) in [6.45, 7) is 12.4. The lowest BCUT2D eigenvalue weighted by Gasteiger charge is -2.37. The Morgan fingerprint density at radius 2 is 1.53 bits per heavy atom. The molecule has 0 amide bonds. The number of piperidine rings is 1. The molecule has 3 aliphatic heterocycles. The smallest absolute Gasteiger partial charge is 0.338 e. The molecule has 2 atom stereocenters. The van der Waals surface area contributed by atoms with Gasteiger partial charge in [0.15, 0.2) is 0 Å². The van der Waals surface area contributed by atoms with Crippen LogP contribution in [0, 0.1) is 23.0 Å². The Labute approximate surface area is 431 Å². The molecule has 3 aliphatic rings. The summed E-state index contributed by atoms with van der Waals surface area (Å²) < 4.78 is 24.8. The number of rotatable bonds is 18. The number of thioether (sulfide) groups is 1. The van der Waals surface area contributed by atoms with Gasteiger partial charge in [-0.05, 0) is 143 Å². The normalized spacial score (nSPS) is 18.2. The van der Waals surface area contributed by atoms with Crippen molar-refractivity contribution in [2.75, 3.05) is 91.1 Å². The molecule has 0 unspecified atom stereocenters. The third-order valence-corrected chi connectivity index (χ3v) is 18.3. The number of piperazine rings is 1. The monoisotopic (exact) mass is 1030 g/mol. The number of carboxylic acids is 1. The van der Waals surface area contributed by atoms with Crippen LogP contribution in [0.1, 0.15) is 55.2 Å². The van der Waals surface area contributed by atoms with Gasteiger partial charge in [0.05, 0.1) is 34.6 Å². The molecule has 72 heavy (non-hydrogen) atoms. The highest BCUT2D eigenvalue weighted by molar-refractivity contribution is 7.99. The number of aliphatic hydroxyl groups excluding tert-OH is 1. The molecule has 9 rings (SSSR count). The fraction of sp³-hybridized carbons (Fsp3) is 0.364. The molecule has 5 aromatic carbocycles. The summed E-state index contributed by atoms with van der Waals surface area (Å²) in [5.74, 6) is 0.0748. The third-order valence-electron chi connectivity index (χ3n) is 14.3. The average molecular weight is 1030 g/mol. The zero-order valence-electron chi connectivity index (χ0n) is 41.0. The molecule has 0 aliphatic carbocycles. The summed E-state index contributed by atoms with van der Waals surface area (Å²) >= 11 is 7.99. The molecule has 17 heteroatoms. The minimum atomic E-state index is -3.71. The fourth-order valence-electron chi connectivity index (χ4n) is 10.5. The summed E-state index contributed by atoms with van der Waals surface area (Å²) in [5.41, 5.74) is 7.23. The number of halogens is 1. The van der Waals surface area contributed by atoms with Crippen molar-refractivity contribution in [2.45, 2.75) is 57.0 Å². The quantitative estimate of drug-likeness (QED) is 0.0324. The van der Waals surface area contributed by atoms with E-state index >= 15 is 0 Å². The summed E-state index contributed by atoms with van der Waals surface area (Å²) in [6, 6.07) is 38.5. The Balaban J connectivity index is 0.882. The lowest BCUT2D eigenvalue weighted by Crippen LogP contribution is -2.46. The van der Waals surface area contributed by atoms with E-state index in [1.165, 1.54) is 6.07 Å². The molecule has 0 saturated carbocycles. The van der Waals surface area contributed by atoms with Crippen LogP contribution < -0.4 is 25.1 Å². The number of carboxylic acid groups (broad SMARTS) is 1. The summed E-state index contributed by atoms with van der Waals surface area (Å²) in [6.07, 6.45) is 2.70. The van der Waals surface area contributed by atoms with E-state index in [4.69, 9.17) is 16.1 Å². The molecule has 0 radical (unpaired) electrons. The number of carbonyl (C=O) groups is 1. The SMILES string of the molecule is Cc1c(C(=O)O)c(-c2cccc(N3CCN(c4ccc(N5CCO[P@]5(=O)c5ccc(N[C@H](CCN6CCC(CO)CC6)CSc6ccccc6)c([N+](=O)[O-])c5)cc4)CC3)c2)c(-c2ccc(Cl)cc2)n1C(C)C. The van der Waals surface area contributed by atoms with Gasteiger partial charge in [-0.2, -0.15) is 0 Å². The van der Waals surface area contributed by atoms with E-state index in [2.05, 4.69) is 62.7 Å². The van der Waals surface area contributed by atoms with Gasteiger partial charge in [-0.3, -0.25) is 19.3 Å². The first-order valence-electron chi connectivity index (χ1n) is 24.8. The molecule has 0 bridgehead atoms. The van der Waals surface area contributed by atoms with E-state index in [1.54, 1.807) is 28.6 Å². The number of hydrogen-bond acceptors (Lipinski definition) is 11. The number of aromatic nitrogens is 1. The van der Waals surface area contributed by atoms with E-state index in [9.17, 15) is 29.7 Å². The van der Waals surface area contributed by atoms with Gasteiger partial charge < -0.3 is 39.3 Å². The van der Waals surface area contributed by atoms with Gasteiger partial charge in [0.1, 0.15) is 5.69 Å². The van der Waals surface area contributed by atoms with Crippen LogP contribution in [-0.4, -0.2) is 108 Å². The maximum atomic E-state index is 14.9. The number of aromatic carboxylic acids is 1. The van der Waals surface area contributed by atoms with Crippen molar-refractivity contribution < 1.29 is 29.0 Å².